The van der Waals surface area contributed by atoms with Crippen LogP contribution >= 0.6 is 0 Å². The highest BCUT2D eigenvalue weighted by Gasteiger charge is 2.15. The van der Waals surface area contributed by atoms with Crippen molar-refractivity contribution in [1.82, 2.24) is 0 Å². The van der Waals surface area contributed by atoms with Gasteiger partial charge in [0.05, 0.1) is 0 Å². The summed E-state index contributed by atoms with van der Waals surface area (Å²) in [7, 11) is 0. The normalized spacial score (nSPS) is 11.2. The van der Waals surface area contributed by atoms with Gasteiger partial charge in [-0.1, -0.05) is 149 Å². The first-order valence-corrected chi connectivity index (χ1v) is 13.9. The fourth-order valence-corrected chi connectivity index (χ4v) is 4.57. The van der Waals surface area contributed by atoms with Gasteiger partial charge in [0.15, 0.2) is 0 Å². The van der Waals surface area contributed by atoms with Gasteiger partial charge in [-0.25, -0.2) is 0 Å². The molecule has 0 saturated heterocycles. The van der Waals surface area contributed by atoms with Crippen LogP contribution in [-0.2, 0) is 5.41 Å². The Morgan fingerprint density at radius 2 is 0.875 bits per heavy atom. The molecule has 0 spiro atoms. The second kappa shape index (κ2) is 13.4. The summed E-state index contributed by atoms with van der Waals surface area (Å²) in [6.07, 6.45) is 4.00. The first-order chi connectivity index (χ1) is 19.4. The number of nitrogens with zero attached hydrogens (tertiary/aromatic N) is 1. The van der Waals surface area contributed by atoms with Gasteiger partial charge in [0.25, 0.3) is 0 Å². The lowest BCUT2D eigenvalue weighted by Crippen LogP contribution is -2.14. The van der Waals surface area contributed by atoms with Crippen molar-refractivity contribution in [2.24, 2.45) is 0 Å². The summed E-state index contributed by atoms with van der Waals surface area (Å²) in [4.78, 5) is 2.24. The number of benzene rings is 5. The highest BCUT2D eigenvalue weighted by molar-refractivity contribution is 5.75. The van der Waals surface area contributed by atoms with E-state index in [4.69, 9.17) is 0 Å². The quantitative estimate of drug-likeness (QED) is 0.201. The van der Waals surface area contributed by atoms with Crippen molar-refractivity contribution in [2.75, 3.05) is 4.90 Å². The molecule has 1 heteroatoms. The molecule has 40 heavy (non-hydrogen) atoms. The Bertz CT molecular complexity index is 1460. The van der Waals surface area contributed by atoms with Gasteiger partial charge >= 0.3 is 0 Å². The number of hydrogen-bond acceptors (Lipinski definition) is 1. The summed E-state index contributed by atoms with van der Waals surface area (Å²) < 4.78 is 0. The summed E-state index contributed by atoms with van der Waals surface area (Å²) in [5.41, 5.74) is 9.64. The number of hydrogen-bond donors (Lipinski definition) is 0. The molecule has 0 radical (unpaired) electrons. The van der Waals surface area contributed by atoms with Crippen molar-refractivity contribution in [1.29, 1.82) is 0 Å². The van der Waals surface area contributed by atoms with Crippen molar-refractivity contribution in [3.8, 4) is 22.3 Å². The first kappa shape index (κ1) is 28.4. The smallest absolute Gasteiger partial charge is 0.0461 e. The summed E-state index contributed by atoms with van der Waals surface area (Å²) in [5, 5.41) is 0. The van der Waals surface area contributed by atoms with Crippen molar-refractivity contribution < 1.29 is 0 Å². The molecule has 0 amide bonds. The summed E-state index contributed by atoms with van der Waals surface area (Å²) in [5.74, 6) is 0. The number of allylic oxidation sites excluding steroid dienone is 2. The maximum Gasteiger partial charge on any atom is 0.0461 e. The van der Waals surface area contributed by atoms with Crippen molar-refractivity contribution in [2.45, 2.75) is 33.1 Å². The van der Waals surface area contributed by atoms with Crippen LogP contribution in [0.2, 0.25) is 0 Å². The molecule has 0 fully saturated rings. The third kappa shape index (κ3) is 7.27. The molecular weight excluding hydrogens is 482 g/mol. The van der Waals surface area contributed by atoms with Gasteiger partial charge in [0.2, 0.25) is 0 Å². The van der Waals surface area contributed by atoms with Crippen LogP contribution in [0.5, 0.6) is 0 Å². The third-order valence-electron chi connectivity index (χ3n) is 6.87. The Morgan fingerprint density at radius 3 is 1.23 bits per heavy atom. The van der Waals surface area contributed by atoms with Crippen molar-refractivity contribution in [3.63, 3.8) is 0 Å². The SMILES string of the molecule is C=C/C(=C\C)N(c1ccc(-c2ccccc2)cc1)c1ccc(-c2ccc(C(C)(C)C)cc2)cc1.c1ccccc1. The average molecular weight is 522 g/mol. The molecular formula is C39H39N. The molecule has 1 nitrogen and oxygen atoms in total. The molecule has 0 heterocycles. The fourth-order valence-electron chi connectivity index (χ4n) is 4.57. The van der Waals surface area contributed by atoms with E-state index in [1.54, 1.807) is 0 Å². The highest BCUT2D eigenvalue weighted by atomic mass is 15.1. The summed E-state index contributed by atoms with van der Waals surface area (Å²) in [6.45, 7) is 12.8. The van der Waals surface area contributed by atoms with Gasteiger partial charge in [0, 0.05) is 17.1 Å². The molecule has 5 aromatic carbocycles. The molecule has 0 N–H and O–H groups in total. The molecule has 200 valence electrons. The van der Waals surface area contributed by atoms with Crippen molar-refractivity contribution in [3.05, 3.63) is 170 Å². The van der Waals surface area contributed by atoms with E-state index < -0.39 is 0 Å². The van der Waals surface area contributed by atoms with Gasteiger partial charge < -0.3 is 4.90 Å². The van der Waals surface area contributed by atoms with Crippen LogP contribution < -0.4 is 4.90 Å². The lowest BCUT2D eigenvalue weighted by Gasteiger charge is -2.26. The Morgan fingerprint density at radius 1 is 0.525 bits per heavy atom. The number of rotatable bonds is 6. The monoisotopic (exact) mass is 521 g/mol. The molecule has 0 unspecified atom stereocenters. The molecule has 0 atom stereocenters. The average Bonchev–Trinajstić information content (AvgIpc) is 3.01. The van der Waals surface area contributed by atoms with Crippen LogP contribution in [-0.4, -0.2) is 0 Å². The Kier molecular flexibility index (Phi) is 9.54. The van der Waals surface area contributed by atoms with E-state index in [9.17, 15) is 0 Å². The zero-order chi connectivity index (χ0) is 28.4. The largest absolute Gasteiger partial charge is 0.311 e. The third-order valence-corrected chi connectivity index (χ3v) is 6.87. The maximum atomic E-state index is 4.05. The van der Waals surface area contributed by atoms with Crippen LogP contribution in [0.3, 0.4) is 0 Å². The minimum atomic E-state index is 0.159. The minimum absolute atomic E-state index is 0.159. The molecule has 0 aliphatic carbocycles. The lowest BCUT2D eigenvalue weighted by atomic mass is 9.86. The zero-order valence-electron chi connectivity index (χ0n) is 24.1. The standard InChI is InChI=1S/C33H33N.C6H6/c1-6-30(7-2)34(31-21-15-27(16-22-31)25-11-9-8-10-12-25)32-23-17-28(18-24-32)26-13-19-29(20-14-26)33(3,4)5;1-2-4-6-5-3-1/h6-24H,1H2,2-5H3;1-6H/b30-7+;. The predicted molar refractivity (Wildman–Crippen MR) is 175 cm³/mol. The Labute approximate surface area is 240 Å². The van der Waals surface area contributed by atoms with Gasteiger partial charge in [-0.15, -0.1) is 0 Å². The Hall–Kier alpha value is -4.62. The minimum Gasteiger partial charge on any atom is -0.311 e. The molecule has 0 aromatic heterocycles. The second-order valence-corrected chi connectivity index (χ2v) is 10.7. The van der Waals surface area contributed by atoms with Crippen LogP contribution in [0, 0.1) is 0 Å². The van der Waals surface area contributed by atoms with Gasteiger partial charge in [-0.3, -0.25) is 0 Å². The topological polar surface area (TPSA) is 3.24 Å². The molecule has 0 saturated carbocycles. The van der Waals surface area contributed by atoms with Crippen LogP contribution in [0.25, 0.3) is 22.3 Å². The van der Waals surface area contributed by atoms with Crippen LogP contribution in [0.4, 0.5) is 11.4 Å². The molecule has 5 rings (SSSR count). The van der Waals surface area contributed by atoms with Gasteiger partial charge in [0.1, 0.15) is 0 Å². The van der Waals surface area contributed by atoms with Crippen molar-refractivity contribution >= 4 is 11.4 Å². The molecule has 0 aliphatic heterocycles. The molecule has 0 bridgehead atoms. The van der Waals surface area contributed by atoms with Gasteiger partial charge in [-0.05, 0) is 70.5 Å². The van der Waals surface area contributed by atoms with E-state index in [0.717, 1.165) is 17.1 Å². The molecule has 5 aromatic rings. The summed E-state index contributed by atoms with van der Waals surface area (Å²) >= 11 is 0. The second-order valence-electron chi connectivity index (χ2n) is 10.7. The number of anilines is 2. The predicted octanol–water partition coefficient (Wildman–Crippen LogP) is 11.2. The lowest BCUT2D eigenvalue weighted by molar-refractivity contribution is 0.590. The van der Waals surface area contributed by atoms with E-state index in [1.165, 1.54) is 27.8 Å². The Balaban J connectivity index is 0.000000546. The van der Waals surface area contributed by atoms with E-state index in [-0.39, 0.29) is 5.41 Å². The van der Waals surface area contributed by atoms with Gasteiger partial charge in [-0.2, -0.15) is 0 Å². The zero-order valence-corrected chi connectivity index (χ0v) is 24.1. The van der Waals surface area contributed by atoms with E-state index in [0.29, 0.717) is 0 Å². The first-order valence-electron chi connectivity index (χ1n) is 13.9. The maximum absolute atomic E-state index is 4.05. The summed E-state index contributed by atoms with van der Waals surface area (Å²) in [6, 6.07) is 48.9. The van der Waals surface area contributed by atoms with Crippen LogP contribution in [0.1, 0.15) is 33.3 Å². The van der Waals surface area contributed by atoms with E-state index in [2.05, 4.69) is 135 Å². The van der Waals surface area contributed by atoms with Crippen LogP contribution in [0.15, 0.2) is 164 Å². The molecule has 0 aliphatic rings. The van der Waals surface area contributed by atoms with E-state index >= 15 is 0 Å². The van der Waals surface area contributed by atoms with E-state index in [1.807, 2.05) is 55.5 Å². The highest BCUT2D eigenvalue weighted by Crippen LogP contribution is 2.34. The fraction of sp³-hybridized carbons (Fsp3) is 0.128.